The second kappa shape index (κ2) is 7.09. The van der Waals surface area contributed by atoms with Gasteiger partial charge in [-0.1, -0.05) is 42.4 Å². The SMILES string of the molecule is C=COC(=O)C(C=CCl)C(C(=C)Cl)C(=O)O. The number of carbonyl (C=O) groups is 2. The van der Waals surface area contributed by atoms with E-state index < -0.39 is 23.8 Å². The average molecular weight is 265 g/mol. The Kier molecular flexibility index (Phi) is 6.53. The fourth-order valence-electron chi connectivity index (χ4n) is 1.05. The van der Waals surface area contributed by atoms with Gasteiger partial charge in [0.1, 0.15) is 5.92 Å². The van der Waals surface area contributed by atoms with Crippen molar-refractivity contribution in [2.75, 3.05) is 0 Å². The third-order valence-electron chi connectivity index (χ3n) is 1.71. The number of hydrogen-bond donors (Lipinski definition) is 1. The molecule has 0 aromatic rings. The van der Waals surface area contributed by atoms with E-state index >= 15 is 0 Å². The van der Waals surface area contributed by atoms with Gasteiger partial charge in [0.2, 0.25) is 0 Å². The van der Waals surface area contributed by atoms with Crippen LogP contribution in [-0.4, -0.2) is 17.0 Å². The van der Waals surface area contributed by atoms with Crippen molar-refractivity contribution in [2.24, 2.45) is 11.8 Å². The zero-order valence-corrected chi connectivity index (χ0v) is 9.74. The number of ether oxygens (including phenoxy) is 1. The van der Waals surface area contributed by atoms with Crippen molar-refractivity contribution >= 4 is 35.1 Å². The summed E-state index contributed by atoms with van der Waals surface area (Å²) >= 11 is 10.8. The minimum absolute atomic E-state index is 0.187. The van der Waals surface area contributed by atoms with Crippen molar-refractivity contribution in [3.63, 3.8) is 0 Å². The molecule has 0 fully saturated rings. The molecule has 4 nitrogen and oxygen atoms in total. The summed E-state index contributed by atoms with van der Waals surface area (Å²) in [7, 11) is 0. The molecule has 16 heavy (non-hydrogen) atoms. The number of rotatable bonds is 6. The van der Waals surface area contributed by atoms with E-state index in [4.69, 9.17) is 28.3 Å². The summed E-state index contributed by atoms with van der Waals surface area (Å²) in [5, 5.41) is 8.72. The van der Waals surface area contributed by atoms with Crippen LogP contribution in [0.2, 0.25) is 0 Å². The Morgan fingerprint density at radius 1 is 1.44 bits per heavy atom. The lowest BCUT2D eigenvalue weighted by Gasteiger charge is -2.17. The number of carboxylic acid groups (broad SMARTS) is 1. The lowest BCUT2D eigenvalue weighted by molar-refractivity contribution is -0.150. The Balaban J connectivity index is 5.14. The largest absolute Gasteiger partial charge is 0.481 e. The van der Waals surface area contributed by atoms with E-state index in [0.717, 1.165) is 11.8 Å². The number of hydrogen-bond acceptors (Lipinski definition) is 3. The summed E-state index contributed by atoms with van der Waals surface area (Å²) < 4.78 is 4.49. The first-order chi connectivity index (χ1) is 7.45. The van der Waals surface area contributed by atoms with Gasteiger partial charge in [0.05, 0.1) is 12.2 Å². The number of aliphatic carboxylic acids is 1. The van der Waals surface area contributed by atoms with Crippen LogP contribution in [0.5, 0.6) is 0 Å². The normalized spacial score (nSPS) is 14.1. The minimum atomic E-state index is -1.30. The topological polar surface area (TPSA) is 63.6 Å². The van der Waals surface area contributed by atoms with Gasteiger partial charge in [0, 0.05) is 10.6 Å². The maximum absolute atomic E-state index is 11.4. The first-order valence-electron chi connectivity index (χ1n) is 4.11. The van der Waals surface area contributed by atoms with E-state index in [-0.39, 0.29) is 5.03 Å². The van der Waals surface area contributed by atoms with Crippen LogP contribution in [0.4, 0.5) is 0 Å². The van der Waals surface area contributed by atoms with E-state index in [1.54, 1.807) is 0 Å². The highest BCUT2D eigenvalue weighted by atomic mass is 35.5. The number of carboxylic acids is 1. The van der Waals surface area contributed by atoms with Gasteiger partial charge < -0.3 is 9.84 Å². The maximum Gasteiger partial charge on any atom is 0.318 e. The quantitative estimate of drug-likeness (QED) is 0.592. The molecule has 2 atom stereocenters. The Hall–Kier alpha value is -1.26. The van der Waals surface area contributed by atoms with Crippen LogP contribution >= 0.6 is 23.2 Å². The maximum atomic E-state index is 11.4. The zero-order valence-electron chi connectivity index (χ0n) is 8.23. The Morgan fingerprint density at radius 3 is 2.31 bits per heavy atom. The van der Waals surface area contributed by atoms with Crippen LogP contribution in [-0.2, 0) is 14.3 Å². The zero-order chi connectivity index (χ0) is 12.7. The fourth-order valence-corrected chi connectivity index (χ4v) is 1.43. The molecule has 0 saturated carbocycles. The van der Waals surface area contributed by atoms with Gasteiger partial charge in [-0.25, -0.2) is 0 Å². The molecule has 0 spiro atoms. The molecule has 0 aromatic carbocycles. The molecule has 0 aliphatic heterocycles. The van der Waals surface area contributed by atoms with Crippen molar-refractivity contribution in [3.8, 4) is 0 Å². The monoisotopic (exact) mass is 264 g/mol. The van der Waals surface area contributed by atoms with Gasteiger partial charge in [0.25, 0.3) is 0 Å². The molecular formula is C10H10Cl2O4. The molecule has 0 aliphatic carbocycles. The second-order valence-corrected chi connectivity index (χ2v) is 3.45. The summed E-state index contributed by atoms with van der Waals surface area (Å²) in [6.45, 7) is 6.49. The number of halogens is 2. The second-order valence-electron chi connectivity index (χ2n) is 2.71. The van der Waals surface area contributed by atoms with Crippen LogP contribution < -0.4 is 0 Å². The van der Waals surface area contributed by atoms with E-state index in [0.29, 0.717) is 0 Å². The van der Waals surface area contributed by atoms with E-state index in [1.807, 2.05) is 0 Å². The highest BCUT2D eigenvalue weighted by Crippen LogP contribution is 2.26. The van der Waals surface area contributed by atoms with Crippen molar-refractivity contribution in [1.29, 1.82) is 0 Å². The van der Waals surface area contributed by atoms with Crippen molar-refractivity contribution in [3.05, 3.63) is 36.1 Å². The summed E-state index contributed by atoms with van der Waals surface area (Å²) in [6.07, 6.45) is 2.06. The molecule has 0 aromatic heterocycles. The van der Waals surface area contributed by atoms with Gasteiger partial charge >= 0.3 is 11.9 Å². The molecule has 0 saturated heterocycles. The molecule has 0 heterocycles. The highest BCUT2D eigenvalue weighted by molar-refractivity contribution is 6.31. The summed E-state index contributed by atoms with van der Waals surface area (Å²) in [6, 6.07) is 0. The first-order valence-corrected chi connectivity index (χ1v) is 4.92. The van der Waals surface area contributed by atoms with Crippen LogP contribution in [0.25, 0.3) is 0 Å². The molecule has 1 N–H and O–H groups in total. The molecule has 0 amide bonds. The van der Waals surface area contributed by atoms with E-state index in [2.05, 4.69) is 17.9 Å². The van der Waals surface area contributed by atoms with Crippen molar-refractivity contribution < 1.29 is 19.4 Å². The average Bonchev–Trinajstić information content (AvgIpc) is 2.16. The number of carbonyl (C=O) groups excluding carboxylic acids is 1. The lowest BCUT2D eigenvalue weighted by atomic mass is 9.92. The van der Waals surface area contributed by atoms with Gasteiger partial charge in [0.15, 0.2) is 0 Å². The Labute approximate surface area is 103 Å². The van der Waals surface area contributed by atoms with Crippen LogP contribution in [0.3, 0.4) is 0 Å². The predicted molar refractivity (Wildman–Crippen MR) is 60.9 cm³/mol. The molecule has 0 rings (SSSR count). The van der Waals surface area contributed by atoms with Gasteiger partial charge in [-0.3, -0.25) is 9.59 Å². The third kappa shape index (κ3) is 4.08. The summed E-state index contributed by atoms with van der Waals surface area (Å²) in [5.41, 5.74) is 1.02. The molecule has 2 unspecified atom stereocenters. The first kappa shape index (κ1) is 14.7. The molecule has 0 aliphatic rings. The van der Waals surface area contributed by atoms with Gasteiger partial charge in [-0.15, -0.1) is 0 Å². The van der Waals surface area contributed by atoms with E-state index in [9.17, 15) is 9.59 Å². The highest BCUT2D eigenvalue weighted by Gasteiger charge is 2.34. The van der Waals surface area contributed by atoms with Crippen LogP contribution in [0, 0.1) is 11.8 Å². The van der Waals surface area contributed by atoms with Gasteiger partial charge in [-0.2, -0.15) is 0 Å². The van der Waals surface area contributed by atoms with Crippen molar-refractivity contribution in [1.82, 2.24) is 0 Å². The Bertz CT molecular complexity index is 322. The van der Waals surface area contributed by atoms with E-state index in [1.165, 1.54) is 6.08 Å². The molecule has 88 valence electrons. The van der Waals surface area contributed by atoms with Crippen molar-refractivity contribution in [2.45, 2.75) is 0 Å². The fraction of sp³-hybridized carbons (Fsp3) is 0.200. The number of esters is 1. The minimum Gasteiger partial charge on any atom is -0.481 e. The third-order valence-corrected chi connectivity index (χ3v) is 2.09. The predicted octanol–water partition coefficient (Wildman–Crippen LogP) is 2.50. The Morgan fingerprint density at radius 2 is 2.00 bits per heavy atom. The molecule has 0 radical (unpaired) electrons. The van der Waals surface area contributed by atoms with Crippen LogP contribution in [0.15, 0.2) is 36.1 Å². The standard InChI is InChI=1S/C10H10Cl2O4/c1-3-16-10(15)7(4-5-11)8(6(2)12)9(13)14/h3-5,7-8H,1-2H2,(H,13,14). The molecule has 6 heteroatoms. The summed E-state index contributed by atoms with van der Waals surface area (Å²) in [4.78, 5) is 22.3. The molecule has 0 bridgehead atoms. The lowest BCUT2D eigenvalue weighted by Crippen LogP contribution is -2.29. The smallest absolute Gasteiger partial charge is 0.318 e. The van der Waals surface area contributed by atoms with Gasteiger partial charge in [-0.05, 0) is 0 Å². The summed E-state index contributed by atoms with van der Waals surface area (Å²) in [5.74, 6) is -4.55. The molecular weight excluding hydrogens is 255 g/mol. The van der Waals surface area contributed by atoms with Crippen LogP contribution in [0.1, 0.15) is 0 Å².